The van der Waals surface area contributed by atoms with Gasteiger partial charge in [0.1, 0.15) is 4.90 Å². The number of carbonyl (C=O) groups is 1. The smallest absolute Gasteiger partial charge is 0.335 e. The number of carboxylic acids is 1. The zero-order valence-electron chi connectivity index (χ0n) is 10.5. The van der Waals surface area contributed by atoms with Crippen LogP contribution >= 0.6 is 0 Å². The molecule has 6 nitrogen and oxygen atoms in total. The lowest BCUT2D eigenvalue weighted by atomic mass is 10.2. The topological polar surface area (TPSA) is 95.5 Å². The Hall–Kier alpha value is -1.86. The molecule has 1 rings (SSSR count). The Labute approximate surface area is 112 Å². The van der Waals surface area contributed by atoms with Crippen molar-refractivity contribution in [2.24, 2.45) is 0 Å². The molecule has 0 aliphatic carbocycles. The molecule has 0 atom stereocenters. The summed E-state index contributed by atoms with van der Waals surface area (Å²) in [6.07, 6.45) is 1.58. The first kappa shape index (κ1) is 15.2. The number of sulfonamides is 1. The Bertz CT molecular complexity index is 581. The number of nitrogens with one attached hydrogen (secondary N) is 2. The lowest BCUT2D eigenvalue weighted by Crippen LogP contribution is -2.24. The number of hydrogen-bond donors (Lipinski definition) is 3. The molecular weight excluding hydrogens is 268 g/mol. The monoisotopic (exact) mass is 284 g/mol. The van der Waals surface area contributed by atoms with E-state index in [1.807, 2.05) is 0 Å². The van der Waals surface area contributed by atoms with Crippen LogP contribution in [0.2, 0.25) is 0 Å². The molecule has 0 heterocycles. The van der Waals surface area contributed by atoms with Crippen LogP contribution in [0, 0.1) is 0 Å². The van der Waals surface area contributed by atoms with Crippen molar-refractivity contribution in [3.63, 3.8) is 0 Å². The van der Waals surface area contributed by atoms with E-state index in [0.29, 0.717) is 12.2 Å². The third kappa shape index (κ3) is 3.80. The molecule has 0 spiro atoms. The zero-order valence-corrected chi connectivity index (χ0v) is 11.3. The van der Waals surface area contributed by atoms with Crippen molar-refractivity contribution >= 4 is 21.7 Å². The molecule has 104 valence electrons. The number of anilines is 1. The van der Waals surface area contributed by atoms with E-state index < -0.39 is 16.0 Å². The molecule has 0 saturated heterocycles. The summed E-state index contributed by atoms with van der Waals surface area (Å²) in [6, 6.07) is 3.90. The second kappa shape index (κ2) is 6.35. The van der Waals surface area contributed by atoms with Crippen LogP contribution in [0.25, 0.3) is 0 Å². The van der Waals surface area contributed by atoms with Gasteiger partial charge in [0.2, 0.25) is 10.0 Å². The van der Waals surface area contributed by atoms with Crippen molar-refractivity contribution in [3.8, 4) is 0 Å². The van der Waals surface area contributed by atoms with Gasteiger partial charge in [-0.3, -0.25) is 0 Å². The summed E-state index contributed by atoms with van der Waals surface area (Å²) in [5, 5.41) is 11.8. The summed E-state index contributed by atoms with van der Waals surface area (Å²) in [5.41, 5.74) is 0.256. The normalized spacial score (nSPS) is 11.0. The van der Waals surface area contributed by atoms with Crippen LogP contribution in [0.15, 0.2) is 35.7 Å². The fourth-order valence-corrected chi connectivity index (χ4v) is 2.72. The van der Waals surface area contributed by atoms with Crippen molar-refractivity contribution in [1.29, 1.82) is 0 Å². The second-order valence-corrected chi connectivity index (χ2v) is 5.42. The molecule has 0 aliphatic heterocycles. The van der Waals surface area contributed by atoms with Crippen LogP contribution in [0.5, 0.6) is 0 Å². The van der Waals surface area contributed by atoms with Crippen molar-refractivity contribution in [2.45, 2.75) is 11.8 Å². The van der Waals surface area contributed by atoms with Crippen molar-refractivity contribution in [1.82, 2.24) is 4.72 Å². The average Bonchev–Trinajstić information content (AvgIpc) is 2.35. The van der Waals surface area contributed by atoms with Crippen LogP contribution in [0.4, 0.5) is 5.69 Å². The second-order valence-electron chi connectivity index (χ2n) is 3.69. The lowest BCUT2D eigenvalue weighted by Gasteiger charge is -2.12. The number of carboxylic acid groups (broad SMARTS) is 1. The molecular formula is C12H16N2O4S. The number of rotatable bonds is 7. The van der Waals surface area contributed by atoms with Crippen LogP contribution in [0.3, 0.4) is 0 Å². The first-order valence-corrected chi connectivity index (χ1v) is 7.12. The summed E-state index contributed by atoms with van der Waals surface area (Å²) < 4.78 is 26.4. The molecule has 7 heteroatoms. The molecule has 3 N–H and O–H groups in total. The minimum absolute atomic E-state index is 0.0827. The van der Waals surface area contributed by atoms with E-state index in [-0.39, 0.29) is 17.0 Å². The summed E-state index contributed by atoms with van der Waals surface area (Å²) in [4.78, 5) is 10.8. The highest BCUT2D eigenvalue weighted by Crippen LogP contribution is 2.22. The summed E-state index contributed by atoms with van der Waals surface area (Å²) >= 11 is 0. The SMILES string of the molecule is C=CCNc1ccc(C(=O)O)cc1S(=O)(=O)NCC. The van der Waals surface area contributed by atoms with Gasteiger partial charge in [-0.2, -0.15) is 0 Å². The molecule has 0 bridgehead atoms. The molecule has 0 fully saturated rings. The maximum atomic E-state index is 12.0. The van der Waals surface area contributed by atoms with E-state index in [9.17, 15) is 13.2 Å². The highest BCUT2D eigenvalue weighted by Gasteiger charge is 2.19. The van der Waals surface area contributed by atoms with E-state index in [0.717, 1.165) is 6.07 Å². The van der Waals surface area contributed by atoms with Gasteiger partial charge in [-0.1, -0.05) is 13.0 Å². The fraction of sp³-hybridized carbons (Fsp3) is 0.250. The van der Waals surface area contributed by atoms with E-state index >= 15 is 0 Å². The van der Waals surface area contributed by atoms with E-state index in [1.54, 1.807) is 13.0 Å². The van der Waals surface area contributed by atoms with Gasteiger partial charge in [0.05, 0.1) is 11.3 Å². The van der Waals surface area contributed by atoms with Crippen molar-refractivity contribution in [2.75, 3.05) is 18.4 Å². The maximum Gasteiger partial charge on any atom is 0.335 e. The Morgan fingerprint density at radius 1 is 1.47 bits per heavy atom. The largest absolute Gasteiger partial charge is 0.478 e. The van der Waals surface area contributed by atoms with Crippen LogP contribution in [-0.4, -0.2) is 32.6 Å². The Balaban J connectivity index is 3.33. The predicted molar refractivity (Wildman–Crippen MR) is 73.0 cm³/mol. The lowest BCUT2D eigenvalue weighted by molar-refractivity contribution is 0.0696. The van der Waals surface area contributed by atoms with Gasteiger partial charge in [0.15, 0.2) is 0 Å². The molecule has 0 aromatic heterocycles. The summed E-state index contributed by atoms with van der Waals surface area (Å²) in [5.74, 6) is -1.18. The van der Waals surface area contributed by atoms with Gasteiger partial charge in [0.25, 0.3) is 0 Å². The number of aromatic carboxylic acids is 1. The Morgan fingerprint density at radius 2 is 2.16 bits per heavy atom. The minimum atomic E-state index is -3.74. The third-order valence-corrected chi connectivity index (χ3v) is 3.87. The Kier molecular flexibility index (Phi) is 5.08. The molecule has 0 radical (unpaired) electrons. The molecule has 1 aromatic carbocycles. The molecule has 0 amide bonds. The van der Waals surface area contributed by atoms with E-state index in [2.05, 4.69) is 16.6 Å². The standard InChI is InChI=1S/C12H16N2O4S/c1-3-7-13-10-6-5-9(12(15)16)8-11(10)19(17,18)14-4-2/h3,5-6,8,13-14H,1,4,7H2,2H3,(H,15,16). The zero-order chi connectivity index (χ0) is 14.5. The molecule has 0 unspecified atom stereocenters. The van der Waals surface area contributed by atoms with Gasteiger partial charge < -0.3 is 10.4 Å². The molecule has 0 aliphatic rings. The third-order valence-electron chi connectivity index (χ3n) is 2.29. The number of hydrogen-bond acceptors (Lipinski definition) is 4. The Morgan fingerprint density at radius 3 is 2.68 bits per heavy atom. The number of benzene rings is 1. The van der Waals surface area contributed by atoms with Gasteiger partial charge in [-0.15, -0.1) is 6.58 Å². The minimum Gasteiger partial charge on any atom is -0.478 e. The van der Waals surface area contributed by atoms with Crippen LogP contribution in [-0.2, 0) is 10.0 Å². The van der Waals surface area contributed by atoms with Crippen molar-refractivity contribution in [3.05, 3.63) is 36.4 Å². The highest BCUT2D eigenvalue weighted by molar-refractivity contribution is 7.89. The van der Waals surface area contributed by atoms with Crippen LogP contribution < -0.4 is 10.0 Å². The predicted octanol–water partition coefficient (Wildman–Crippen LogP) is 1.28. The highest BCUT2D eigenvalue weighted by atomic mass is 32.2. The van der Waals surface area contributed by atoms with Gasteiger partial charge in [-0.05, 0) is 18.2 Å². The summed E-state index contributed by atoms with van der Waals surface area (Å²) in [6.45, 7) is 5.78. The van der Waals surface area contributed by atoms with Crippen molar-refractivity contribution < 1.29 is 18.3 Å². The van der Waals surface area contributed by atoms with Gasteiger partial charge in [0, 0.05) is 13.1 Å². The molecule has 0 saturated carbocycles. The average molecular weight is 284 g/mol. The van der Waals surface area contributed by atoms with E-state index in [1.165, 1.54) is 12.1 Å². The fourth-order valence-electron chi connectivity index (χ4n) is 1.47. The maximum absolute atomic E-state index is 12.0. The molecule has 19 heavy (non-hydrogen) atoms. The first-order valence-electron chi connectivity index (χ1n) is 5.64. The quantitative estimate of drug-likeness (QED) is 0.656. The summed E-state index contributed by atoms with van der Waals surface area (Å²) in [7, 11) is -3.74. The molecule has 1 aromatic rings. The van der Waals surface area contributed by atoms with Crippen LogP contribution in [0.1, 0.15) is 17.3 Å². The van der Waals surface area contributed by atoms with E-state index in [4.69, 9.17) is 5.11 Å². The van der Waals surface area contributed by atoms with Gasteiger partial charge in [-0.25, -0.2) is 17.9 Å². The van der Waals surface area contributed by atoms with Gasteiger partial charge >= 0.3 is 5.97 Å². The first-order chi connectivity index (χ1) is 8.92.